The van der Waals surface area contributed by atoms with Gasteiger partial charge in [-0.15, -0.1) is 0 Å². The summed E-state index contributed by atoms with van der Waals surface area (Å²) in [5, 5.41) is 6.82. The number of anilines is 1. The fraction of sp³-hybridized carbons (Fsp3) is 0.333. The van der Waals surface area contributed by atoms with Gasteiger partial charge in [-0.25, -0.2) is 28.4 Å². The van der Waals surface area contributed by atoms with Crippen LogP contribution in [0.2, 0.25) is 0 Å². The highest BCUT2D eigenvalue weighted by Crippen LogP contribution is 2.33. The number of carbonyl (C=O) groups is 1. The number of pyridine rings is 1. The summed E-state index contributed by atoms with van der Waals surface area (Å²) in [5.41, 5.74) is 0.937. The van der Waals surface area contributed by atoms with E-state index in [1.165, 1.54) is 23.5 Å². The molecule has 4 aromatic rings. The summed E-state index contributed by atoms with van der Waals surface area (Å²) >= 11 is 1.21. The van der Waals surface area contributed by atoms with Gasteiger partial charge in [0.2, 0.25) is 5.88 Å². The fourth-order valence-corrected chi connectivity index (χ4v) is 6.88. The van der Waals surface area contributed by atoms with Crippen LogP contribution in [0.3, 0.4) is 0 Å². The van der Waals surface area contributed by atoms with Crippen LogP contribution >= 0.6 is 11.3 Å². The van der Waals surface area contributed by atoms with Crippen LogP contribution in [0, 0.1) is 0 Å². The molecule has 1 atom stereocenters. The number of fused-ring (bicyclic) bond motifs is 1. The van der Waals surface area contributed by atoms with E-state index in [1.807, 2.05) is 0 Å². The Kier molecular flexibility index (Phi) is 7.60. The van der Waals surface area contributed by atoms with Gasteiger partial charge < -0.3 is 14.5 Å². The molecule has 3 aromatic heterocycles. The van der Waals surface area contributed by atoms with Gasteiger partial charge in [0, 0.05) is 37.1 Å². The minimum absolute atomic E-state index is 0.0575. The van der Waals surface area contributed by atoms with Gasteiger partial charge in [-0.05, 0) is 50.6 Å². The standard InChI is InChI=1S/C27H27N7O5S2/c1-34-14-11-18(15-34)39-23-10-9-21-26(31-23)40-27(30-21)32-25(35)24(33-38-16-22-28-12-2-13-29-22)17-3-5-19(6-4-17)41(36,37)20-7-8-20/h2-6,9-10,12-13,18,20H,7-8,11,14-16H2,1H3,(H,30,32,35)/b33-24+/t18-/m1/s1. The number of likely N-dealkylation sites (tertiary alicyclic amines) is 1. The maximum Gasteiger partial charge on any atom is 0.280 e. The molecule has 1 amide bonds. The van der Waals surface area contributed by atoms with Gasteiger partial charge in [0.05, 0.1) is 10.1 Å². The largest absolute Gasteiger partial charge is 0.473 e. The van der Waals surface area contributed by atoms with Gasteiger partial charge in [0.25, 0.3) is 5.91 Å². The summed E-state index contributed by atoms with van der Waals surface area (Å²) in [6.07, 6.45) is 5.50. The molecule has 1 N–H and O–H groups in total. The van der Waals surface area contributed by atoms with Crippen molar-refractivity contribution in [1.29, 1.82) is 0 Å². The first-order valence-corrected chi connectivity index (χ1v) is 15.5. The van der Waals surface area contributed by atoms with E-state index in [4.69, 9.17) is 9.57 Å². The number of rotatable bonds is 10. The average Bonchev–Trinajstić information content (AvgIpc) is 3.65. The molecule has 6 rings (SSSR count). The Morgan fingerprint density at radius 2 is 1.88 bits per heavy atom. The third-order valence-corrected chi connectivity index (χ3v) is 9.85. The lowest BCUT2D eigenvalue weighted by Gasteiger charge is -2.12. The van der Waals surface area contributed by atoms with Crippen LogP contribution in [-0.2, 0) is 26.1 Å². The number of hydrogen-bond donors (Lipinski definition) is 1. The molecule has 12 nitrogen and oxygen atoms in total. The lowest BCUT2D eigenvalue weighted by molar-refractivity contribution is -0.110. The number of sulfone groups is 1. The van der Waals surface area contributed by atoms with Gasteiger partial charge in [-0.2, -0.15) is 0 Å². The van der Waals surface area contributed by atoms with Crippen molar-refractivity contribution in [3.05, 3.63) is 66.2 Å². The zero-order chi connectivity index (χ0) is 28.4. The van der Waals surface area contributed by atoms with E-state index in [0.717, 1.165) is 19.5 Å². The van der Waals surface area contributed by atoms with E-state index in [1.54, 1.807) is 42.7 Å². The highest BCUT2D eigenvalue weighted by atomic mass is 32.2. The SMILES string of the molecule is CN1CC[C@@H](Oc2ccc3nc(NC(=O)/C(=N/OCc4ncccn4)c4ccc(S(=O)(=O)C5CC5)cc4)sc3n2)C1. The average molecular weight is 594 g/mol. The van der Waals surface area contributed by atoms with E-state index in [0.29, 0.717) is 45.6 Å². The van der Waals surface area contributed by atoms with Crippen molar-refractivity contribution >= 4 is 48.3 Å². The van der Waals surface area contributed by atoms with Crippen LogP contribution in [0.5, 0.6) is 5.88 Å². The minimum atomic E-state index is -3.38. The van der Waals surface area contributed by atoms with Crippen LogP contribution in [0.4, 0.5) is 5.13 Å². The van der Waals surface area contributed by atoms with Crippen molar-refractivity contribution in [3.63, 3.8) is 0 Å². The topological polar surface area (TPSA) is 149 Å². The molecule has 2 fully saturated rings. The molecule has 41 heavy (non-hydrogen) atoms. The normalized spacial score (nSPS) is 18.0. The van der Waals surface area contributed by atoms with Crippen molar-refractivity contribution in [2.75, 3.05) is 25.5 Å². The maximum absolute atomic E-state index is 13.4. The van der Waals surface area contributed by atoms with Gasteiger partial charge in [-0.1, -0.05) is 28.6 Å². The Balaban J connectivity index is 1.21. The predicted octanol–water partition coefficient (Wildman–Crippen LogP) is 3.06. The smallest absolute Gasteiger partial charge is 0.280 e. The fourth-order valence-electron chi connectivity index (χ4n) is 4.39. The molecule has 0 bridgehead atoms. The number of nitrogens with one attached hydrogen (secondary N) is 1. The second-order valence-electron chi connectivity index (χ2n) is 9.88. The number of amides is 1. The van der Waals surface area contributed by atoms with E-state index in [-0.39, 0.29) is 28.6 Å². The number of nitrogens with zero attached hydrogens (tertiary/aromatic N) is 6. The molecule has 0 spiro atoms. The number of aromatic nitrogens is 4. The number of benzene rings is 1. The lowest BCUT2D eigenvalue weighted by atomic mass is 10.1. The van der Waals surface area contributed by atoms with Crippen LogP contribution in [0.25, 0.3) is 10.3 Å². The summed E-state index contributed by atoms with van der Waals surface area (Å²) in [5.74, 6) is 0.321. The summed E-state index contributed by atoms with van der Waals surface area (Å²) in [6, 6.07) is 11.3. The van der Waals surface area contributed by atoms with Crippen LogP contribution in [-0.4, -0.2) is 76.4 Å². The molecule has 14 heteroatoms. The lowest BCUT2D eigenvalue weighted by Crippen LogP contribution is -2.24. The van der Waals surface area contributed by atoms with Gasteiger partial charge >= 0.3 is 0 Å². The number of thiazole rings is 1. The Hall–Kier alpha value is -4.01. The first-order chi connectivity index (χ1) is 19.8. The van der Waals surface area contributed by atoms with E-state index in [2.05, 4.69) is 42.4 Å². The second kappa shape index (κ2) is 11.5. The number of hydrogen-bond acceptors (Lipinski definition) is 12. The van der Waals surface area contributed by atoms with Crippen LogP contribution in [0.1, 0.15) is 30.7 Å². The number of likely N-dealkylation sites (N-methyl/N-ethyl adjacent to an activating group) is 1. The zero-order valence-electron chi connectivity index (χ0n) is 22.1. The molecule has 212 valence electrons. The van der Waals surface area contributed by atoms with Crippen molar-refractivity contribution in [3.8, 4) is 5.88 Å². The number of oxime groups is 1. The first kappa shape index (κ1) is 27.2. The molecular formula is C27H27N7O5S2. The first-order valence-electron chi connectivity index (χ1n) is 13.1. The van der Waals surface area contributed by atoms with E-state index >= 15 is 0 Å². The van der Waals surface area contributed by atoms with Gasteiger partial charge in [0.15, 0.2) is 33.1 Å². The molecule has 1 saturated heterocycles. The van der Waals surface area contributed by atoms with Crippen molar-refractivity contribution in [1.82, 2.24) is 24.8 Å². The van der Waals surface area contributed by atoms with Crippen molar-refractivity contribution in [2.45, 2.75) is 42.1 Å². The Bertz CT molecular complexity index is 1690. The summed E-state index contributed by atoms with van der Waals surface area (Å²) < 4.78 is 31.3. The minimum Gasteiger partial charge on any atom is -0.473 e. The number of carbonyl (C=O) groups excluding carboxylic acids is 1. The summed E-state index contributed by atoms with van der Waals surface area (Å²) in [4.78, 5) is 39.1. The Morgan fingerprint density at radius 3 is 2.59 bits per heavy atom. The number of ether oxygens (including phenoxy) is 1. The molecule has 2 aliphatic rings. The Morgan fingerprint density at radius 1 is 1.10 bits per heavy atom. The van der Waals surface area contributed by atoms with Crippen LogP contribution in [0.15, 0.2) is 64.9 Å². The van der Waals surface area contributed by atoms with E-state index < -0.39 is 15.7 Å². The third-order valence-electron chi connectivity index (χ3n) is 6.69. The quantitative estimate of drug-likeness (QED) is 0.215. The highest BCUT2D eigenvalue weighted by molar-refractivity contribution is 7.92. The molecule has 1 aliphatic carbocycles. The predicted molar refractivity (Wildman–Crippen MR) is 153 cm³/mol. The molecule has 0 radical (unpaired) electrons. The Labute approximate surface area is 240 Å². The van der Waals surface area contributed by atoms with Gasteiger partial charge in [0.1, 0.15) is 16.5 Å². The monoisotopic (exact) mass is 593 g/mol. The molecule has 1 aliphatic heterocycles. The third kappa shape index (κ3) is 6.34. The molecule has 4 heterocycles. The van der Waals surface area contributed by atoms with Crippen LogP contribution < -0.4 is 10.1 Å². The zero-order valence-corrected chi connectivity index (χ0v) is 23.8. The van der Waals surface area contributed by atoms with Gasteiger partial charge in [-0.3, -0.25) is 10.1 Å². The summed E-state index contributed by atoms with van der Waals surface area (Å²) in [6.45, 7) is 1.77. The highest BCUT2D eigenvalue weighted by Gasteiger charge is 2.36. The molecule has 0 unspecified atom stereocenters. The molecular weight excluding hydrogens is 566 g/mol. The summed E-state index contributed by atoms with van der Waals surface area (Å²) in [7, 11) is -1.32. The second-order valence-corrected chi connectivity index (χ2v) is 13.1. The maximum atomic E-state index is 13.4. The van der Waals surface area contributed by atoms with E-state index in [9.17, 15) is 13.2 Å². The van der Waals surface area contributed by atoms with Crippen molar-refractivity contribution < 1.29 is 22.8 Å². The molecule has 1 aromatic carbocycles. The van der Waals surface area contributed by atoms with Crippen molar-refractivity contribution in [2.24, 2.45) is 5.16 Å². The molecule has 1 saturated carbocycles.